The van der Waals surface area contributed by atoms with Gasteiger partial charge in [-0.25, -0.2) is 9.78 Å². The summed E-state index contributed by atoms with van der Waals surface area (Å²) in [5, 5.41) is 12.9. The maximum absolute atomic E-state index is 12.1. The van der Waals surface area contributed by atoms with Gasteiger partial charge in [-0.15, -0.1) is 0 Å². The highest BCUT2D eigenvalue weighted by Gasteiger charge is 2.16. The number of imidazole rings is 1. The van der Waals surface area contributed by atoms with E-state index in [1.54, 1.807) is 6.07 Å². The Labute approximate surface area is 205 Å². The number of aromatic nitrogens is 2. The summed E-state index contributed by atoms with van der Waals surface area (Å²) in [6.45, 7) is 4.62. The van der Waals surface area contributed by atoms with Gasteiger partial charge in [0.05, 0.1) is 16.6 Å². The molecule has 6 heteroatoms. The normalized spacial score (nSPS) is 11.0. The van der Waals surface area contributed by atoms with Crippen LogP contribution < -0.4 is 5.32 Å². The second kappa shape index (κ2) is 11.0. The Morgan fingerprint density at radius 2 is 1.77 bits per heavy atom. The van der Waals surface area contributed by atoms with Gasteiger partial charge in [-0.2, -0.15) is 0 Å². The number of carboxylic acids is 1. The molecule has 4 aromatic rings. The first-order valence-electron chi connectivity index (χ1n) is 12.2. The number of hydrogen-bond donors (Lipinski definition) is 2. The fraction of sp³-hybridized carbons (Fsp3) is 0.276. The number of unbranched alkanes of at least 4 members (excludes halogenated alkanes) is 1. The number of benzene rings is 3. The Morgan fingerprint density at radius 3 is 2.49 bits per heavy atom. The lowest BCUT2D eigenvalue weighted by Gasteiger charge is -2.13. The molecule has 3 aromatic carbocycles. The van der Waals surface area contributed by atoms with Gasteiger partial charge in [-0.05, 0) is 53.8 Å². The van der Waals surface area contributed by atoms with E-state index < -0.39 is 5.97 Å². The van der Waals surface area contributed by atoms with Crippen LogP contribution in [0.15, 0.2) is 66.7 Å². The molecule has 0 aliphatic heterocycles. The molecule has 1 heterocycles. The van der Waals surface area contributed by atoms with E-state index in [-0.39, 0.29) is 11.5 Å². The van der Waals surface area contributed by atoms with Crippen molar-refractivity contribution in [1.82, 2.24) is 9.55 Å². The molecule has 1 amide bonds. The Hall–Kier alpha value is -3.93. The zero-order chi connectivity index (χ0) is 24.8. The fourth-order valence-corrected chi connectivity index (χ4v) is 4.32. The van der Waals surface area contributed by atoms with Crippen molar-refractivity contribution in [2.45, 2.75) is 52.5 Å². The van der Waals surface area contributed by atoms with Crippen LogP contribution in [0, 0.1) is 0 Å². The van der Waals surface area contributed by atoms with Crippen LogP contribution in [-0.2, 0) is 17.8 Å². The third-order valence-corrected chi connectivity index (χ3v) is 6.08. The number of amides is 1. The number of nitrogens with zero attached hydrogens (tertiary/aromatic N) is 2. The monoisotopic (exact) mass is 469 g/mol. The van der Waals surface area contributed by atoms with Gasteiger partial charge in [0, 0.05) is 25.1 Å². The largest absolute Gasteiger partial charge is 0.478 e. The predicted octanol–water partition coefficient (Wildman–Crippen LogP) is 6.53. The first kappa shape index (κ1) is 24.2. The minimum atomic E-state index is -0.951. The van der Waals surface area contributed by atoms with Crippen LogP contribution in [0.3, 0.4) is 0 Å². The van der Waals surface area contributed by atoms with E-state index in [0.29, 0.717) is 18.5 Å². The van der Waals surface area contributed by atoms with E-state index in [1.165, 1.54) is 0 Å². The predicted molar refractivity (Wildman–Crippen MR) is 140 cm³/mol. The van der Waals surface area contributed by atoms with Crippen LogP contribution in [0.1, 0.15) is 61.3 Å². The number of aromatic carboxylic acids is 1. The maximum atomic E-state index is 12.1. The Bertz CT molecular complexity index is 1340. The van der Waals surface area contributed by atoms with Crippen molar-refractivity contribution in [2.75, 3.05) is 5.32 Å². The zero-order valence-corrected chi connectivity index (χ0v) is 20.3. The van der Waals surface area contributed by atoms with Gasteiger partial charge in [0.2, 0.25) is 5.91 Å². The zero-order valence-electron chi connectivity index (χ0n) is 20.3. The lowest BCUT2D eigenvalue weighted by molar-refractivity contribution is -0.116. The van der Waals surface area contributed by atoms with Gasteiger partial charge in [0.1, 0.15) is 5.82 Å². The molecule has 0 aliphatic carbocycles. The molecule has 0 aliphatic rings. The summed E-state index contributed by atoms with van der Waals surface area (Å²) < 4.78 is 2.14. The quantitative estimate of drug-likeness (QED) is 0.276. The summed E-state index contributed by atoms with van der Waals surface area (Å²) in [5.74, 6) is 0.00272. The van der Waals surface area contributed by atoms with Crippen molar-refractivity contribution < 1.29 is 14.7 Å². The van der Waals surface area contributed by atoms with E-state index in [9.17, 15) is 14.7 Å². The van der Waals surface area contributed by atoms with Crippen molar-refractivity contribution in [3.8, 4) is 11.1 Å². The van der Waals surface area contributed by atoms with Crippen LogP contribution in [0.5, 0.6) is 0 Å². The molecule has 6 nitrogen and oxygen atoms in total. The highest BCUT2D eigenvalue weighted by molar-refractivity contribution is 5.96. The Balaban J connectivity index is 1.74. The lowest BCUT2D eigenvalue weighted by Crippen LogP contribution is -2.11. The van der Waals surface area contributed by atoms with Crippen LogP contribution in [0.4, 0.5) is 5.69 Å². The molecule has 0 radical (unpaired) electrons. The van der Waals surface area contributed by atoms with E-state index in [1.807, 2.05) is 67.6 Å². The van der Waals surface area contributed by atoms with E-state index in [2.05, 4.69) is 16.8 Å². The summed E-state index contributed by atoms with van der Waals surface area (Å²) in [4.78, 5) is 29.1. The molecule has 2 N–H and O–H groups in total. The number of carbonyl (C=O) groups is 2. The van der Waals surface area contributed by atoms with Crippen molar-refractivity contribution >= 4 is 28.6 Å². The van der Waals surface area contributed by atoms with Crippen LogP contribution >= 0.6 is 0 Å². The molecular formula is C29H31N3O3. The minimum Gasteiger partial charge on any atom is -0.478 e. The first-order chi connectivity index (χ1) is 17.0. The van der Waals surface area contributed by atoms with Crippen LogP contribution in [-0.4, -0.2) is 26.5 Å². The van der Waals surface area contributed by atoms with Gasteiger partial charge >= 0.3 is 5.97 Å². The molecule has 0 atom stereocenters. The van der Waals surface area contributed by atoms with Crippen molar-refractivity contribution in [3.05, 3.63) is 83.7 Å². The molecule has 1 aromatic heterocycles. The Morgan fingerprint density at radius 1 is 0.971 bits per heavy atom. The molecule has 0 bridgehead atoms. The number of rotatable bonds is 10. The molecule has 35 heavy (non-hydrogen) atoms. The topological polar surface area (TPSA) is 84.2 Å². The molecule has 180 valence electrons. The van der Waals surface area contributed by atoms with E-state index in [0.717, 1.165) is 59.4 Å². The van der Waals surface area contributed by atoms with Gasteiger partial charge in [-0.1, -0.05) is 62.7 Å². The van der Waals surface area contributed by atoms with Crippen molar-refractivity contribution in [3.63, 3.8) is 0 Å². The summed E-state index contributed by atoms with van der Waals surface area (Å²) in [7, 11) is 0. The van der Waals surface area contributed by atoms with E-state index in [4.69, 9.17) is 4.98 Å². The standard InChI is InChI=1S/C29H31N3O3/c1-3-5-12-27-31-25-16-14-22(30-28(33)9-4-2)18-26(25)32(27)19-20-13-15-23(24(17-20)29(34)35)21-10-7-6-8-11-21/h6-8,10-11,13-18H,3-5,9,12,19H2,1-2H3,(H,30,33)(H,34,35). The summed E-state index contributed by atoms with van der Waals surface area (Å²) >= 11 is 0. The first-order valence-corrected chi connectivity index (χ1v) is 12.2. The van der Waals surface area contributed by atoms with Gasteiger partial charge in [0.15, 0.2) is 0 Å². The SMILES string of the molecule is CCCCc1nc2ccc(NC(=O)CCC)cc2n1Cc1ccc(-c2ccccc2)c(C(=O)O)c1. The van der Waals surface area contributed by atoms with Crippen molar-refractivity contribution in [1.29, 1.82) is 0 Å². The molecule has 0 saturated carbocycles. The minimum absolute atomic E-state index is 0.00766. The molecular weight excluding hydrogens is 438 g/mol. The second-order valence-corrected chi connectivity index (χ2v) is 8.77. The number of aryl methyl sites for hydroxylation is 1. The average molecular weight is 470 g/mol. The van der Waals surface area contributed by atoms with Crippen LogP contribution in [0.2, 0.25) is 0 Å². The van der Waals surface area contributed by atoms with Gasteiger partial charge < -0.3 is 15.0 Å². The molecule has 0 unspecified atom stereocenters. The summed E-state index contributed by atoms with van der Waals surface area (Å²) in [5.41, 5.74) is 5.27. The van der Waals surface area contributed by atoms with Crippen LogP contribution in [0.25, 0.3) is 22.2 Å². The smallest absolute Gasteiger partial charge is 0.336 e. The molecule has 0 saturated heterocycles. The molecule has 4 rings (SSSR count). The fourth-order valence-electron chi connectivity index (χ4n) is 4.32. The number of carboxylic acid groups (broad SMARTS) is 1. The maximum Gasteiger partial charge on any atom is 0.336 e. The van der Waals surface area contributed by atoms with Crippen molar-refractivity contribution in [2.24, 2.45) is 0 Å². The Kier molecular flexibility index (Phi) is 7.60. The number of anilines is 1. The summed E-state index contributed by atoms with van der Waals surface area (Å²) in [6, 6.07) is 21.0. The van der Waals surface area contributed by atoms with Gasteiger partial charge in [0.25, 0.3) is 0 Å². The van der Waals surface area contributed by atoms with Gasteiger partial charge in [-0.3, -0.25) is 4.79 Å². The summed E-state index contributed by atoms with van der Waals surface area (Å²) in [6.07, 6.45) is 4.16. The second-order valence-electron chi connectivity index (χ2n) is 8.77. The number of fused-ring (bicyclic) bond motifs is 1. The average Bonchev–Trinajstić information content (AvgIpc) is 3.19. The molecule has 0 fully saturated rings. The third kappa shape index (κ3) is 5.60. The highest BCUT2D eigenvalue weighted by atomic mass is 16.4. The highest BCUT2D eigenvalue weighted by Crippen LogP contribution is 2.27. The lowest BCUT2D eigenvalue weighted by atomic mass is 9.97. The van der Waals surface area contributed by atoms with E-state index >= 15 is 0 Å². The third-order valence-electron chi connectivity index (χ3n) is 6.08. The number of hydrogen-bond acceptors (Lipinski definition) is 3. The number of carbonyl (C=O) groups excluding carboxylic acids is 1. The molecule has 0 spiro atoms. The number of nitrogens with one attached hydrogen (secondary N) is 1.